The Balaban J connectivity index is 2.01. The van der Waals surface area contributed by atoms with Crippen molar-refractivity contribution in [2.45, 2.75) is 78.1 Å². The number of rotatable bonds is 16. The van der Waals surface area contributed by atoms with Crippen LogP contribution in [0.3, 0.4) is 0 Å². The molecule has 0 amide bonds. The molecule has 16 heteroatoms. The Morgan fingerprint density at radius 3 is 1.20 bits per heavy atom. The van der Waals surface area contributed by atoms with Gasteiger partial charge in [0.15, 0.2) is 0 Å². The van der Waals surface area contributed by atoms with E-state index in [2.05, 4.69) is 9.97 Å². The van der Waals surface area contributed by atoms with Crippen molar-refractivity contribution in [2.24, 2.45) is 0 Å². The maximum Gasteiger partial charge on any atom is 0.307 e. The molecule has 0 saturated heterocycles. The van der Waals surface area contributed by atoms with Gasteiger partial charge in [-0.2, -0.15) is 0 Å². The monoisotopic (exact) mass is 742 g/mol. The van der Waals surface area contributed by atoms with E-state index in [4.69, 9.17) is 9.97 Å². The van der Waals surface area contributed by atoms with Crippen LogP contribution >= 0.6 is 0 Å². The van der Waals surface area contributed by atoms with Crippen molar-refractivity contribution in [3.8, 4) is 0 Å². The number of allylic oxidation sites excluding steroid dienone is 4. The van der Waals surface area contributed by atoms with Crippen LogP contribution in [0.25, 0.3) is 44.4 Å². The number of carboxylic acids is 6. The highest BCUT2D eigenvalue weighted by atomic mass is 16.4. The highest BCUT2D eigenvalue weighted by Gasteiger charge is 2.24. The number of nitrogens with zero attached hydrogens (tertiary/aromatic N) is 2. The Labute approximate surface area is 306 Å². The average Bonchev–Trinajstić information content (AvgIpc) is 3.74. The molecule has 8 bridgehead atoms. The molecule has 16 nitrogen and oxygen atoms in total. The summed E-state index contributed by atoms with van der Waals surface area (Å²) < 4.78 is 0. The molecule has 8 N–H and O–H groups in total. The fourth-order valence-corrected chi connectivity index (χ4v) is 6.89. The highest BCUT2D eigenvalue weighted by Crippen LogP contribution is 2.38. The van der Waals surface area contributed by atoms with Crippen molar-refractivity contribution in [2.75, 3.05) is 0 Å². The third-order valence-corrected chi connectivity index (χ3v) is 9.48. The van der Waals surface area contributed by atoms with Crippen molar-refractivity contribution in [3.05, 3.63) is 69.3 Å². The smallest absolute Gasteiger partial charge is 0.307 e. The zero-order chi connectivity index (χ0) is 39.4. The van der Waals surface area contributed by atoms with Gasteiger partial charge in [-0.05, 0) is 108 Å². The summed E-state index contributed by atoms with van der Waals surface area (Å²) in [6.45, 7) is 3.51. The summed E-state index contributed by atoms with van der Waals surface area (Å²) in [6, 6.07) is 6.40. The Hall–Kier alpha value is -6.58. The molecule has 0 saturated carbocycles. The van der Waals surface area contributed by atoms with Crippen LogP contribution in [0.2, 0.25) is 0 Å². The molecular formula is C38H38N4O12. The first kappa shape index (κ1) is 38.6. The van der Waals surface area contributed by atoms with Gasteiger partial charge in [0.05, 0.1) is 35.6 Å². The lowest BCUT2D eigenvalue weighted by molar-refractivity contribution is -0.138. The molecule has 0 spiro atoms. The first-order valence-electron chi connectivity index (χ1n) is 17.0. The van der Waals surface area contributed by atoms with Crippen molar-refractivity contribution in [3.63, 3.8) is 0 Å². The molecule has 5 heterocycles. The fraction of sp³-hybridized carbons (Fsp3) is 0.316. The molecule has 54 heavy (non-hydrogen) atoms. The zero-order valence-electron chi connectivity index (χ0n) is 29.4. The summed E-state index contributed by atoms with van der Waals surface area (Å²) in [5.74, 6) is -6.79. The van der Waals surface area contributed by atoms with E-state index in [0.717, 1.165) is 0 Å². The summed E-state index contributed by atoms with van der Waals surface area (Å²) >= 11 is 0. The second kappa shape index (κ2) is 16.0. The summed E-state index contributed by atoms with van der Waals surface area (Å²) in [5.41, 5.74) is 6.27. The zero-order valence-corrected chi connectivity index (χ0v) is 29.4. The maximum absolute atomic E-state index is 12.2. The first-order valence-corrected chi connectivity index (χ1v) is 17.0. The first-order chi connectivity index (χ1) is 25.5. The molecule has 282 valence electrons. The molecule has 0 unspecified atom stereocenters. The topological polar surface area (TPSA) is 281 Å². The average molecular weight is 743 g/mol. The van der Waals surface area contributed by atoms with Gasteiger partial charge in [0.1, 0.15) is 0 Å². The lowest BCUT2D eigenvalue weighted by Crippen LogP contribution is -2.05. The number of aromatic nitrogens is 4. The molecule has 0 atom stereocenters. The number of nitrogens with one attached hydrogen (secondary N) is 2. The Morgan fingerprint density at radius 2 is 0.778 bits per heavy atom. The van der Waals surface area contributed by atoms with Gasteiger partial charge in [0, 0.05) is 47.8 Å². The van der Waals surface area contributed by atoms with E-state index in [1.807, 2.05) is 0 Å². The molecule has 0 aliphatic carbocycles. The number of hydrogen-bond donors (Lipinski definition) is 8. The predicted molar refractivity (Wildman–Crippen MR) is 194 cm³/mol. The van der Waals surface area contributed by atoms with Gasteiger partial charge in [0.25, 0.3) is 0 Å². The van der Waals surface area contributed by atoms with E-state index in [1.165, 1.54) is 6.07 Å². The van der Waals surface area contributed by atoms with Gasteiger partial charge in [-0.25, -0.2) is 9.97 Å². The molecule has 3 aromatic rings. The number of H-pyrrole nitrogens is 2. The minimum Gasteiger partial charge on any atom is -0.481 e. The number of aliphatic carboxylic acids is 6. The molecule has 2 aliphatic rings. The van der Waals surface area contributed by atoms with Crippen LogP contribution in [0.1, 0.15) is 97.4 Å². The van der Waals surface area contributed by atoms with Crippen molar-refractivity contribution < 1.29 is 59.4 Å². The van der Waals surface area contributed by atoms with Gasteiger partial charge in [-0.15, -0.1) is 0 Å². The van der Waals surface area contributed by atoms with E-state index >= 15 is 0 Å². The van der Waals surface area contributed by atoms with Crippen LogP contribution < -0.4 is 0 Å². The third kappa shape index (κ3) is 8.71. The lowest BCUT2D eigenvalue weighted by Gasteiger charge is -2.04. The van der Waals surface area contributed by atoms with Crippen LogP contribution in [0, 0.1) is 0 Å². The second-order valence-corrected chi connectivity index (χ2v) is 13.1. The van der Waals surface area contributed by atoms with Crippen molar-refractivity contribution >= 4 is 80.2 Å². The number of carboxylic acid groups (broad SMARTS) is 6. The molecule has 0 aromatic carbocycles. The van der Waals surface area contributed by atoms with Crippen LogP contribution in [0.4, 0.5) is 0 Å². The van der Waals surface area contributed by atoms with Crippen molar-refractivity contribution in [1.82, 2.24) is 19.9 Å². The summed E-state index contributed by atoms with van der Waals surface area (Å²) in [5, 5.41) is 58.2. The Bertz CT molecular complexity index is 2340. The number of aromatic amines is 2. The predicted octanol–water partition coefficient (Wildman–Crippen LogP) is 5.19. The minimum absolute atomic E-state index is 0.0641. The van der Waals surface area contributed by atoms with Crippen LogP contribution in [0.15, 0.2) is 24.3 Å². The Kier molecular flexibility index (Phi) is 11.4. The molecule has 0 fully saturated rings. The third-order valence-electron chi connectivity index (χ3n) is 9.48. The van der Waals surface area contributed by atoms with Crippen LogP contribution in [0.5, 0.6) is 0 Å². The lowest BCUT2D eigenvalue weighted by atomic mass is 9.98. The quantitative estimate of drug-likeness (QED) is 0.0937. The van der Waals surface area contributed by atoms with Crippen molar-refractivity contribution in [1.29, 1.82) is 0 Å². The van der Waals surface area contributed by atoms with E-state index in [-0.39, 0.29) is 79.0 Å². The molecular weight excluding hydrogens is 704 g/mol. The fourth-order valence-electron chi connectivity index (χ4n) is 6.89. The number of fused-ring (bicyclic) bond motifs is 8. The maximum atomic E-state index is 12.2. The second-order valence-electron chi connectivity index (χ2n) is 13.1. The SMILES string of the molecule is CC1=C(CCC(=O)O)c2cc3nc(cc4[nH]c(cc5[nH]c(cc1n2)c(CCC(=O)O)c5CC(=O)O)c(CCC(=O)O)c4CC(=O)O)C(CCC(=O)O)=C3C. The van der Waals surface area contributed by atoms with Crippen LogP contribution in [-0.2, 0) is 54.5 Å². The van der Waals surface area contributed by atoms with E-state index in [1.54, 1.807) is 32.0 Å². The van der Waals surface area contributed by atoms with E-state index in [0.29, 0.717) is 61.7 Å². The van der Waals surface area contributed by atoms with Gasteiger partial charge in [-0.1, -0.05) is 0 Å². The summed E-state index contributed by atoms with van der Waals surface area (Å²) in [6.07, 6.45) is -2.25. The molecule has 0 radical (unpaired) electrons. The van der Waals surface area contributed by atoms with Gasteiger partial charge >= 0.3 is 35.8 Å². The minimum atomic E-state index is -1.22. The van der Waals surface area contributed by atoms with Gasteiger partial charge in [0.2, 0.25) is 0 Å². The van der Waals surface area contributed by atoms with Gasteiger partial charge < -0.3 is 40.6 Å². The highest BCUT2D eigenvalue weighted by molar-refractivity contribution is 5.97. The number of carbonyl (C=O) groups is 6. The number of aryl methyl sites for hydroxylation is 2. The van der Waals surface area contributed by atoms with E-state index < -0.39 is 48.7 Å². The number of hydrogen-bond acceptors (Lipinski definition) is 8. The molecule has 5 rings (SSSR count). The largest absolute Gasteiger partial charge is 0.481 e. The summed E-state index contributed by atoms with van der Waals surface area (Å²) in [7, 11) is 0. The molecule has 2 aliphatic heterocycles. The van der Waals surface area contributed by atoms with Gasteiger partial charge in [-0.3, -0.25) is 28.8 Å². The standard InChI is InChI=1S/C38H38N4O12/c1-17-19(3-7-33(43)44)27-13-25-18(2)20(4-8-34(45)46)28(40-25)15-31-24(12-38(53)54)22(6-10-36(49)50)30(42-31)16-32-23(11-37(51)52)21(5-9-35(47)48)29(41-32)14-26(17)39-27/h13-16,41-42H,3-12H2,1-2H3,(H,43,44)(H,45,46)(H,47,48)(H,49,50)(H,51,52)(H,53,54). The summed E-state index contributed by atoms with van der Waals surface area (Å²) in [4.78, 5) is 87.3. The normalized spacial score (nSPS) is 12.6. The molecule has 3 aromatic heterocycles. The van der Waals surface area contributed by atoms with E-state index in [9.17, 15) is 59.4 Å². The van der Waals surface area contributed by atoms with Crippen LogP contribution in [-0.4, -0.2) is 86.4 Å². The Morgan fingerprint density at radius 1 is 0.444 bits per heavy atom.